The molecule has 0 bridgehead atoms. The molecule has 39 heteroatoms. The number of primary amides is 3. The van der Waals surface area contributed by atoms with Gasteiger partial charge in [-0.2, -0.15) is 0 Å². The number of ether oxygens (including phenoxy) is 2. The van der Waals surface area contributed by atoms with Crippen molar-refractivity contribution in [2.24, 2.45) is 76.0 Å². The monoisotopic (exact) mass is 1570 g/mol. The molecule has 0 aliphatic carbocycles. The number of carbonyl (C=O) groups excluding carboxylic acids is 15. The Balaban J connectivity index is 3.14. The zero-order valence-corrected chi connectivity index (χ0v) is 65.7. The SMILES string of the molecule is COC(C)C1NC(=O)C(CCC(N)=O)N(C)C(=O)C(CC(C)C)NC(=O)C(CCCN)NC(=O)C(CO)NC(=O)C(NC(=O)C(NC(=O)C(O)C(O)C(CCC(N)=O)NC(=O)C(CCCN)NC(=O)C(C)C(O)C(C)C(C)C)C(C)C(C)C(N)=O)C(C(C)C(C)C)OC(=O)C2CCCCN2C(=O)C(CC(=O)O)NC1=O. The van der Waals surface area contributed by atoms with E-state index in [2.05, 4.69) is 47.9 Å². The molecule has 0 radical (unpaired) electrons. The van der Waals surface area contributed by atoms with Crippen LogP contribution in [0.3, 0.4) is 0 Å². The van der Waals surface area contributed by atoms with Gasteiger partial charge >= 0.3 is 11.9 Å². The van der Waals surface area contributed by atoms with Crippen molar-refractivity contribution in [3.8, 4) is 0 Å². The van der Waals surface area contributed by atoms with E-state index < -0.39 is 266 Å². The highest BCUT2D eigenvalue weighted by molar-refractivity contribution is 6.00. The maximum atomic E-state index is 15.5. The average Bonchev–Trinajstić information content (AvgIpc) is 0.845. The molecule has 21 atom stereocenters. The number of hydrogen-bond acceptors (Lipinski definition) is 24. The molecule has 2 aliphatic heterocycles. The topological polar surface area (TPSA) is 638 Å². The number of amides is 14. The molecule has 24 N–H and O–H groups in total. The fourth-order valence-corrected chi connectivity index (χ4v) is 12.5. The minimum Gasteiger partial charge on any atom is -0.481 e. The first-order valence-electron chi connectivity index (χ1n) is 37.5. The Labute approximate surface area is 641 Å². The number of aliphatic hydroxyl groups is 4. The first-order chi connectivity index (χ1) is 51.3. The zero-order chi connectivity index (χ0) is 84.0. The van der Waals surface area contributed by atoms with E-state index in [4.69, 9.17) is 38.1 Å². The molecule has 2 rings (SSSR count). The number of fused-ring (bicyclic) bond motifs is 1. The Bertz CT molecular complexity index is 3170. The van der Waals surface area contributed by atoms with Gasteiger partial charge in [-0.15, -0.1) is 0 Å². The molecule has 0 spiro atoms. The van der Waals surface area contributed by atoms with Crippen LogP contribution in [0.5, 0.6) is 0 Å². The van der Waals surface area contributed by atoms with Gasteiger partial charge < -0.3 is 121 Å². The molecule has 39 nitrogen and oxygen atoms in total. The van der Waals surface area contributed by atoms with Crippen LogP contribution < -0.4 is 76.5 Å². The van der Waals surface area contributed by atoms with Crippen molar-refractivity contribution in [2.45, 2.75) is 264 Å². The summed E-state index contributed by atoms with van der Waals surface area (Å²) in [4.78, 5) is 229. The second-order valence-corrected chi connectivity index (χ2v) is 30.0. The summed E-state index contributed by atoms with van der Waals surface area (Å²) in [5.41, 5.74) is 28.4. The highest BCUT2D eigenvalue weighted by Crippen LogP contribution is 2.28. The van der Waals surface area contributed by atoms with Gasteiger partial charge in [-0.25, -0.2) is 4.79 Å². The van der Waals surface area contributed by atoms with Crippen molar-refractivity contribution in [1.82, 2.24) is 57.7 Å². The number of nitrogens with one attached hydrogen (secondary N) is 9. The van der Waals surface area contributed by atoms with E-state index in [-0.39, 0.29) is 82.8 Å². The second kappa shape index (κ2) is 46.8. The van der Waals surface area contributed by atoms with Crippen molar-refractivity contribution in [2.75, 3.05) is 40.4 Å². The molecule has 2 saturated heterocycles. The minimum absolute atomic E-state index is 0.0191. The lowest BCUT2D eigenvalue weighted by Gasteiger charge is -2.39. The second-order valence-electron chi connectivity index (χ2n) is 30.0. The van der Waals surface area contributed by atoms with Gasteiger partial charge in [0, 0.05) is 39.5 Å². The van der Waals surface area contributed by atoms with E-state index in [1.54, 1.807) is 34.6 Å². The van der Waals surface area contributed by atoms with Crippen molar-refractivity contribution in [1.29, 1.82) is 0 Å². The van der Waals surface area contributed by atoms with Gasteiger partial charge in [0.1, 0.15) is 72.6 Å². The van der Waals surface area contributed by atoms with Gasteiger partial charge in [-0.1, -0.05) is 76.2 Å². The molecule has 0 aromatic heterocycles. The quantitative estimate of drug-likeness (QED) is 0.0258. The number of nitrogens with two attached hydrogens (primary N) is 5. The number of aliphatic carboxylic acids is 1. The highest BCUT2D eigenvalue weighted by atomic mass is 16.5. The van der Waals surface area contributed by atoms with Gasteiger partial charge in [-0.3, -0.25) is 71.9 Å². The number of carboxylic acids is 1. The summed E-state index contributed by atoms with van der Waals surface area (Å²) in [7, 11) is 2.31. The number of rotatable bonds is 37. The Morgan fingerprint density at radius 2 is 1.19 bits per heavy atom. The van der Waals surface area contributed by atoms with Gasteiger partial charge in [0.05, 0.1) is 37.2 Å². The van der Waals surface area contributed by atoms with Crippen molar-refractivity contribution in [3.05, 3.63) is 0 Å². The predicted octanol–water partition coefficient (Wildman–Crippen LogP) is -5.90. The first kappa shape index (κ1) is 97.3. The minimum atomic E-state index is -2.69. The number of carbonyl (C=O) groups is 16. The summed E-state index contributed by atoms with van der Waals surface area (Å²) >= 11 is 0. The summed E-state index contributed by atoms with van der Waals surface area (Å²) in [5, 5.41) is 77.9. The number of hydrogen-bond donors (Lipinski definition) is 19. The van der Waals surface area contributed by atoms with Crippen molar-refractivity contribution in [3.63, 3.8) is 0 Å². The van der Waals surface area contributed by atoms with E-state index in [0.717, 1.165) is 24.0 Å². The molecular weight excluding hydrogens is 1440 g/mol. The lowest BCUT2D eigenvalue weighted by atomic mass is 9.85. The molecule has 14 amide bonds. The fourth-order valence-electron chi connectivity index (χ4n) is 12.5. The van der Waals surface area contributed by atoms with Crippen LogP contribution in [0.15, 0.2) is 0 Å². The lowest BCUT2D eigenvalue weighted by molar-refractivity contribution is -0.168. The van der Waals surface area contributed by atoms with Crippen molar-refractivity contribution >= 4 is 94.6 Å². The highest BCUT2D eigenvalue weighted by Gasteiger charge is 2.48. The molecular formula is C71H124N16O23. The van der Waals surface area contributed by atoms with Crippen LogP contribution in [0.4, 0.5) is 0 Å². The third-order valence-electron chi connectivity index (χ3n) is 20.7. The van der Waals surface area contributed by atoms with Gasteiger partial charge in [0.25, 0.3) is 5.91 Å². The standard InChI is InChI=1S/C71H124N16O23/c1-32(2)29-44-69(106)86(13)47(23-25-50(75)90)64(101)84-53(40(12)109-14)66(103)81-45(30-51(91)92)70(107)87-28-16-15-21-48(87)71(108)110-58(36(8)34(5)6)54(67(104)82-46(31-88)63(100)79-43(20-18-27-73)62(99)80-44)85-65(102)52(37(9)38(10)59(76)96)83-68(105)57(95)56(94)41(22-24-49(74)89)77-61(98)42(19-17-26-72)78-60(97)39(11)55(93)35(7)33(3)4/h32-48,52-58,88,93-95H,15-31,72-73H2,1-14H3,(H2,74,89)(H2,75,90)(H2,76,96)(H,77,98)(H,78,97)(H,79,100)(H,80,99)(H,81,103)(H,82,104)(H,83,105)(H,84,101)(H,85,102)(H,91,92). The van der Waals surface area contributed by atoms with E-state index in [0.29, 0.717) is 0 Å². The Morgan fingerprint density at radius 1 is 0.609 bits per heavy atom. The van der Waals surface area contributed by atoms with Gasteiger partial charge in [-0.05, 0) is 120 Å². The Morgan fingerprint density at radius 3 is 1.73 bits per heavy atom. The molecule has 0 aromatic rings. The number of likely N-dealkylation sites (N-methyl/N-ethyl adjacent to an activating group) is 1. The van der Waals surface area contributed by atoms with Crippen LogP contribution in [-0.2, 0) is 86.2 Å². The Hall–Kier alpha value is -8.76. The van der Waals surface area contributed by atoms with Gasteiger partial charge in [0.2, 0.25) is 76.8 Å². The van der Waals surface area contributed by atoms with Crippen LogP contribution in [0.25, 0.3) is 0 Å². The molecule has 2 fully saturated rings. The number of esters is 1. The normalized spacial score (nSPS) is 24.5. The molecule has 0 saturated carbocycles. The fraction of sp³-hybridized carbons (Fsp3) is 0.775. The molecule has 2 aliphatic rings. The number of nitrogens with zero attached hydrogens (tertiary/aromatic N) is 2. The summed E-state index contributed by atoms with van der Waals surface area (Å²) in [6, 6.07) is -20.1. The largest absolute Gasteiger partial charge is 0.481 e. The summed E-state index contributed by atoms with van der Waals surface area (Å²) in [6.45, 7) is 17.0. The number of cyclic esters (lactones) is 1. The number of methoxy groups -OCH3 is 1. The van der Waals surface area contributed by atoms with E-state index in [9.17, 15) is 83.1 Å². The van der Waals surface area contributed by atoms with Crippen LogP contribution in [0, 0.1) is 47.3 Å². The number of piperidine rings is 1. The predicted molar refractivity (Wildman–Crippen MR) is 395 cm³/mol. The molecule has 0 aromatic carbocycles. The van der Waals surface area contributed by atoms with Crippen LogP contribution in [0.1, 0.15) is 167 Å². The average molecular weight is 1570 g/mol. The smallest absolute Gasteiger partial charge is 0.329 e. The van der Waals surface area contributed by atoms with E-state index in [1.165, 1.54) is 34.6 Å². The maximum absolute atomic E-state index is 15.5. The van der Waals surface area contributed by atoms with Crippen LogP contribution >= 0.6 is 0 Å². The summed E-state index contributed by atoms with van der Waals surface area (Å²) in [5.74, 6) is -25.5. The van der Waals surface area contributed by atoms with Gasteiger partial charge in [0.15, 0.2) is 6.10 Å². The number of aliphatic hydroxyl groups excluding tert-OH is 4. The lowest BCUT2D eigenvalue weighted by Crippen LogP contribution is -2.65. The van der Waals surface area contributed by atoms with E-state index >= 15 is 19.2 Å². The summed E-state index contributed by atoms with van der Waals surface area (Å²) in [6.07, 6.45) is -13.0. The van der Waals surface area contributed by atoms with E-state index in [1.807, 2.05) is 13.8 Å². The maximum Gasteiger partial charge on any atom is 0.329 e. The van der Waals surface area contributed by atoms with Crippen LogP contribution in [-0.4, -0.2) is 267 Å². The molecule has 626 valence electrons. The third-order valence-corrected chi connectivity index (χ3v) is 20.7. The molecule has 2 heterocycles. The van der Waals surface area contributed by atoms with Crippen molar-refractivity contribution < 1.29 is 112 Å². The third kappa shape index (κ3) is 29.5. The number of carboxylic acid groups (broad SMARTS) is 1. The van der Waals surface area contributed by atoms with Crippen LogP contribution in [0.2, 0.25) is 0 Å². The molecule has 110 heavy (non-hydrogen) atoms. The molecule has 21 unspecified atom stereocenters. The zero-order valence-electron chi connectivity index (χ0n) is 65.7. The first-order valence-corrected chi connectivity index (χ1v) is 37.5. The Kier molecular flexibility index (Phi) is 41.4. The summed E-state index contributed by atoms with van der Waals surface area (Å²) < 4.78 is 11.7.